The van der Waals surface area contributed by atoms with Crippen LogP contribution in [0.4, 0.5) is 0 Å². The van der Waals surface area contributed by atoms with Crippen LogP contribution in [0.15, 0.2) is 69.1 Å². The molecule has 0 unspecified atom stereocenters. The van der Waals surface area contributed by atoms with Gasteiger partial charge in [0.05, 0.1) is 11.9 Å². The smallest absolute Gasteiger partial charge is 0.336 e. The fourth-order valence-electron chi connectivity index (χ4n) is 2.98. The highest BCUT2D eigenvalue weighted by Crippen LogP contribution is 2.29. The summed E-state index contributed by atoms with van der Waals surface area (Å²) in [5.41, 5.74) is 5.28. The number of nitrogen functional groups attached to an aromatic ring is 1. The molecule has 0 radical (unpaired) electrons. The predicted molar refractivity (Wildman–Crippen MR) is 109 cm³/mol. The first-order valence-electron chi connectivity index (χ1n) is 8.58. The van der Waals surface area contributed by atoms with Crippen LogP contribution in [-0.4, -0.2) is 9.66 Å². The van der Waals surface area contributed by atoms with Crippen molar-refractivity contribution < 1.29 is 4.42 Å². The summed E-state index contributed by atoms with van der Waals surface area (Å²) in [4.78, 5) is 16.6. The Labute approximate surface area is 160 Å². The summed E-state index contributed by atoms with van der Waals surface area (Å²) >= 11 is 1.50. The quantitative estimate of drug-likeness (QED) is 0.326. The van der Waals surface area contributed by atoms with Gasteiger partial charge in [-0.1, -0.05) is 42.1 Å². The molecule has 0 spiro atoms. The first-order valence-corrected chi connectivity index (χ1v) is 9.56. The number of benzene rings is 2. The van der Waals surface area contributed by atoms with Crippen molar-refractivity contribution in [3.05, 3.63) is 81.8 Å². The van der Waals surface area contributed by atoms with E-state index in [1.54, 1.807) is 6.07 Å². The standard InChI is InChI=1S/C21H19N3O2S/c1-13-8-17-16(10-20(25)26-19(17)9-14(13)2)12-27-21-23-18(11-24(21)22)15-6-4-3-5-7-15/h3-11H,12,22H2,1-2H3. The van der Waals surface area contributed by atoms with Crippen LogP contribution >= 0.6 is 11.8 Å². The van der Waals surface area contributed by atoms with Crippen molar-refractivity contribution in [2.45, 2.75) is 24.8 Å². The number of rotatable bonds is 4. The zero-order valence-electron chi connectivity index (χ0n) is 15.1. The largest absolute Gasteiger partial charge is 0.423 e. The average molecular weight is 377 g/mol. The molecule has 0 atom stereocenters. The summed E-state index contributed by atoms with van der Waals surface area (Å²) in [6, 6.07) is 15.4. The lowest BCUT2D eigenvalue weighted by Gasteiger charge is -2.08. The molecule has 2 aromatic heterocycles. The first-order chi connectivity index (χ1) is 13.0. The van der Waals surface area contributed by atoms with Gasteiger partial charge in [0.25, 0.3) is 0 Å². The molecule has 0 aliphatic rings. The van der Waals surface area contributed by atoms with Crippen molar-refractivity contribution in [1.82, 2.24) is 9.66 Å². The van der Waals surface area contributed by atoms with Crippen molar-refractivity contribution >= 4 is 22.7 Å². The molecule has 2 N–H and O–H groups in total. The van der Waals surface area contributed by atoms with Crippen LogP contribution in [0, 0.1) is 13.8 Å². The molecule has 136 valence electrons. The van der Waals surface area contributed by atoms with Crippen LogP contribution in [0.1, 0.15) is 16.7 Å². The number of imidazole rings is 1. The Kier molecular flexibility index (Phi) is 4.49. The van der Waals surface area contributed by atoms with Crippen LogP contribution < -0.4 is 11.5 Å². The predicted octanol–water partition coefficient (Wildman–Crippen LogP) is 4.28. The molecule has 0 fully saturated rings. The van der Waals surface area contributed by atoms with Crippen molar-refractivity contribution in [3.63, 3.8) is 0 Å². The number of aryl methyl sites for hydroxylation is 2. The van der Waals surface area contributed by atoms with E-state index in [9.17, 15) is 4.79 Å². The average Bonchev–Trinajstić information content (AvgIpc) is 3.03. The Morgan fingerprint density at radius 2 is 1.85 bits per heavy atom. The molecule has 6 heteroatoms. The van der Waals surface area contributed by atoms with Crippen molar-refractivity contribution in [2.24, 2.45) is 0 Å². The number of nitrogens with two attached hydrogens (primary N) is 1. The van der Waals surface area contributed by atoms with Gasteiger partial charge >= 0.3 is 5.63 Å². The minimum Gasteiger partial charge on any atom is -0.423 e. The maximum absolute atomic E-state index is 11.9. The molecule has 0 aliphatic heterocycles. The molecule has 0 saturated heterocycles. The van der Waals surface area contributed by atoms with Gasteiger partial charge in [-0.3, -0.25) is 0 Å². The van der Waals surface area contributed by atoms with E-state index in [1.807, 2.05) is 49.5 Å². The number of nitrogens with zero attached hydrogens (tertiary/aromatic N) is 2. The summed E-state index contributed by atoms with van der Waals surface area (Å²) in [6.07, 6.45) is 1.81. The van der Waals surface area contributed by atoms with Crippen LogP contribution in [0.2, 0.25) is 0 Å². The van der Waals surface area contributed by atoms with E-state index in [0.29, 0.717) is 16.5 Å². The topological polar surface area (TPSA) is 74.0 Å². The third-order valence-corrected chi connectivity index (χ3v) is 5.58. The molecular formula is C21H19N3O2S. The van der Waals surface area contributed by atoms with E-state index in [1.165, 1.54) is 16.4 Å². The molecule has 2 heterocycles. The third kappa shape index (κ3) is 3.48. The molecule has 5 nitrogen and oxygen atoms in total. The van der Waals surface area contributed by atoms with Crippen LogP contribution in [-0.2, 0) is 5.75 Å². The van der Waals surface area contributed by atoms with Gasteiger partial charge in [0.15, 0.2) is 5.16 Å². The molecular weight excluding hydrogens is 358 g/mol. The molecule has 0 aliphatic carbocycles. The van der Waals surface area contributed by atoms with Gasteiger partial charge in [-0.15, -0.1) is 0 Å². The lowest BCUT2D eigenvalue weighted by Crippen LogP contribution is -2.08. The SMILES string of the molecule is Cc1cc2oc(=O)cc(CSc3nc(-c4ccccc4)cn3N)c2cc1C. The Bertz CT molecular complexity index is 1180. The van der Waals surface area contributed by atoms with E-state index in [0.717, 1.165) is 33.3 Å². The summed E-state index contributed by atoms with van der Waals surface area (Å²) in [5.74, 6) is 6.66. The number of fused-ring (bicyclic) bond motifs is 1. The highest BCUT2D eigenvalue weighted by atomic mass is 32.2. The molecule has 27 heavy (non-hydrogen) atoms. The molecule has 4 aromatic rings. The minimum absolute atomic E-state index is 0.345. The fourth-order valence-corrected chi connectivity index (χ4v) is 3.86. The zero-order chi connectivity index (χ0) is 19.0. The monoisotopic (exact) mass is 377 g/mol. The molecule has 0 bridgehead atoms. The Hall–Kier alpha value is -2.99. The minimum atomic E-state index is -0.345. The van der Waals surface area contributed by atoms with E-state index in [-0.39, 0.29) is 5.63 Å². The van der Waals surface area contributed by atoms with Crippen molar-refractivity contribution in [3.8, 4) is 11.3 Å². The number of hydrogen-bond acceptors (Lipinski definition) is 5. The maximum Gasteiger partial charge on any atom is 0.336 e. The molecule has 2 aromatic carbocycles. The van der Waals surface area contributed by atoms with Crippen molar-refractivity contribution in [1.29, 1.82) is 0 Å². The second-order valence-corrected chi connectivity index (χ2v) is 7.44. The van der Waals surface area contributed by atoms with Gasteiger partial charge in [-0.05, 0) is 42.7 Å². The number of thioether (sulfide) groups is 1. The number of hydrogen-bond donors (Lipinski definition) is 1. The summed E-state index contributed by atoms with van der Waals surface area (Å²) in [7, 11) is 0. The Balaban J connectivity index is 1.65. The van der Waals surface area contributed by atoms with Gasteiger partial charge in [0, 0.05) is 22.8 Å². The van der Waals surface area contributed by atoms with Crippen LogP contribution in [0.3, 0.4) is 0 Å². The summed E-state index contributed by atoms with van der Waals surface area (Å²) in [6.45, 7) is 4.06. The molecule has 0 amide bonds. The summed E-state index contributed by atoms with van der Waals surface area (Å²) < 4.78 is 6.89. The molecule has 4 rings (SSSR count). The number of aromatic nitrogens is 2. The van der Waals surface area contributed by atoms with E-state index >= 15 is 0 Å². The van der Waals surface area contributed by atoms with Gasteiger partial charge in [-0.25, -0.2) is 14.5 Å². The van der Waals surface area contributed by atoms with Gasteiger partial charge < -0.3 is 10.3 Å². The Morgan fingerprint density at radius 1 is 1.11 bits per heavy atom. The zero-order valence-corrected chi connectivity index (χ0v) is 15.9. The van der Waals surface area contributed by atoms with Crippen LogP contribution in [0.25, 0.3) is 22.2 Å². The highest BCUT2D eigenvalue weighted by Gasteiger charge is 2.12. The van der Waals surface area contributed by atoms with Crippen LogP contribution in [0.5, 0.6) is 0 Å². The normalized spacial score (nSPS) is 11.2. The first kappa shape index (κ1) is 17.4. The van der Waals surface area contributed by atoms with Gasteiger partial charge in [-0.2, -0.15) is 0 Å². The third-order valence-electron chi connectivity index (χ3n) is 4.57. The lowest BCUT2D eigenvalue weighted by atomic mass is 10.0. The van der Waals surface area contributed by atoms with E-state index < -0.39 is 0 Å². The maximum atomic E-state index is 11.9. The second kappa shape index (κ2) is 6.96. The highest BCUT2D eigenvalue weighted by molar-refractivity contribution is 7.98. The second-order valence-electron chi connectivity index (χ2n) is 6.49. The molecule has 0 saturated carbocycles. The Morgan fingerprint density at radius 3 is 2.63 bits per heavy atom. The fraction of sp³-hybridized carbons (Fsp3) is 0.143. The van der Waals surface area contributed by atoms with Gasteiger partial charge in [0.2, 0.25) is 0 Å². The lowest BCUT2D eigenvalue weighted by molar-refractivity contribution is 0.559. The van der Waals surface area contributed by atoms with Gasteiger partial charge in [0.1, 0.15) is 5.58 Å². The van der Waals surface area contributed by atoms with E-state index in [2.05, 4.69) is 18.0 Å². The van der Waals surface area contributed by atoms with Crippen molar-refractivity contribution in [2.75, 3.05) is 5.84 Å². The van der Waals surface area contributed by atoms with E-state index in [4.69, 9.17) is 10.3 Å². The summed E-state index contributed by atoms with van der Waals surface area (Å²) in [5, 5.41) is 1.64.